The Bertz CT molecular complexity index is 381. The van der Waals surface area contributed by atoms with Crippen molar-refractivity contribution in [1.29, 1.82) is 0 Å². The Kier molecular flexibility index (Phi) is 5.05. The van der Waals surface area contributed by atoms with Crippen LogP contribution in [0.5, 0.6) is 0 Å². The lowest BCUT2D eigenvalue weighted by molar-refractivity contribution is 0.658. The van der Waals surface area contributed by atoms with Crippen molar-refractivity contribution in [3.05, 3.63) is 11.4 Å². The van der Waals surface area contributed by atoms with Crippen molar-refractivity contribution < 1.29 is 0 Å². The summed E-state index contributed by atoms with van der Waals surface area (Å²) in [5.41, 5.74) is 6.84. The highest BCUT2D eigenvalue weighted by Gasteiger charge is 2.15. The SMILES string of the molecule is CSCCC(C)N(C)c1nc(C)nc(N)c1C. The normalized spacial score (nSPS) is 12.5. The first-order valence-electron chi connectivity index (χ1n) is 5.79. The molecule has 5 heteroatoms. The van der Waals surface area contributed by atoms with Crippen LogP contribution < -0.4 is 10.6 Å². The predicted octanol–water partition coefficient (Wildman–Crippen LogP) is 2.25. The van der Waals surface area contributed by atoms with Crippen molar-refractivity contribution in [2.45, 2.75) is 33.2 Å². The second-order valence-corrected chi connectivity index (χ2v) is 5.33. The average molecular weight is 254 g/mol. The molecule has 4 nitrogen and oxygen atoms in total. The molecule has 1 rings (SSSR count). The summed E-state index contributed by atoms with van der Waals surface area (Å²) < 4.78 is 0. The summed E-state index contributed by atoms with van der Waals surface area (Å²) in [6, 6.07) is 0.454. The number of nitrogen functional groups attached to an aromatic ring is 1. The topological polar surface area (TPSA) is 55.0 Å². The van der Waals surface area contributed by atoms with Crippen LogP contribution in [0, 0.1) is 13.8 Å². The first-order chi connectivity index (χ1) is 7.97. The largest absolute Gasteiger partial charge is 0.383 e. The van der Waals surface area contributed by atoms with Crippen molar-refractivity contribution in [2.75, 3.05) is 29.7 Å². The third kappa shape index (κ3) is 3.49. The van der Waals surface area contributed by atoms with E-state index in [-0.39, 0.29) is 0 Å². The smallest absolute Gasteiger partial charge is 0.137 e. The van der Waals surface area contributed by atoms with Crippen molar-refractivity contribution in [1.82, 2.24) is 9.97 Å². The number of aromatic nitrogens is 2. The molecule has 0 aliphatic carbocycles. The van der Waals surface area contributed by atoms with Crippen molar-refractivity contribution in [3.63, 3.8) is 0 Å². The lowest BCUT2D eigenvalue weighted by Crippen LogP contribution is -2.31. The Balaban J connectivity index is 2.91. The summed E-state index contributed by atoms with van der Waals surface area (Å²) in [6.07, 6.45) is 3.27. The molecule has 0 bridgehead atoms. The van der Waals surface area contributed by atoms with Crippen LogP contribution in [0.3, 0.4) is 0 Å². The minimum absolute atomic E-state index is 0.454. The summed E-state index contributed by atoms with van der Waals surface area (Å²) in [5.74, 6) is 3.41. The monoisotopic (exact) mass is 254 g/mol. The molecule has 1 heterocycles. The van der Waals surface area contributed by atoms with E-state index in [1.165, 1.54) is 0 Å². The minimum Gasteiger partial charge on any atom is -0.383 e. The van der Waals surface area contributed by atoms with Gasteiger partial charge in [-0.3, -0.25) is 0 Å². The number of thioether (sulfide) groups is 1. The highest BCUT2D eigenvalue weighted by molar-refractivity contribution is 7.98. The maximum absolute atomic E-state index is 5.88. The lowest BCUT2D eigenvalue weighted by Gasteiger charge is -2.27. The van der Waals surface area contributed by atoms with E-state index in [1.54, 1.807) is 0 Å². The second kappa shape index (κ2) is 6.10. The molecule has 2 N–H and O–H groups in total. The fourth-order valence-corrected chi connectivity index (χ4v) is 2.25. The van der Waals surface area contributed by atoms with E-state index >= 15 is 0 Å². The van der Waals surface area contributed by atoms with E-state index in [2.05, 4.69) is 35.1 Å². The van der Waals surface area contributed by atoms with Crippen molar-refractivity contribution in [3.8, 4) is 0 Å². The molecule has 0 saturated heterocycles. The molecular weight excluding hydrogens is 232 g/mol. The van der Waals surface area contributed by atoms with Crippen LogP contribution in [-0.4, -0.2) is 35.1 Å². The van der Waals surface area contributed by atoms with E-state index < -0.39 is 0 Å². The molecule has 0 spiro atoms. The van der Waals surface area contributed by atoms with E-state index in [0.29, 0.717) is 11.9 Å². The molecule has 0 aliphatic rings. The lowest BCUT2D eigenvalue weighted by atomic mass is 10.2. The van der Waals surface area contributed by atoms with Gasteiger partial charge in [-0.05, 0) is 39.2 Å². The molecule has 17 heavy (non-hydrogen) atoms. The number of rotatable bonds is 5. The zero-order chi connectivity index (χ0) is 13.0. The van der Waals surface area contributed by atoms with Crippen LogP contribution in [-0.2, 0) is 0 Å². The second-order valence-electron chi connectivity index (χ2n) is 4.35. The Labute approximate surface area is 108 Å². The van der Waals surface area contributed by atoms with E-state index in [0.717, 1.165) is 29.4 Å². The van der Waals surface area contributed by atoms with Crippen LogP contribution in [0.4, 0.5) is 11.6 Å². The Morgan fingerprint density at radius 1 is 1.35 bits per heavy atom. The molecule has 0 aromatic carbocycles. The fraction of sp³-hybridized carbons (Fsp3) is 0.667. The average Bonchev–Trinajstić information content (AvgIpc) is 2.29. The van der Waals surface area contributed by atoms with Crippen LogP contribution in [0.2, 0.25) is 0 Å². The molecule has 96 valence electrons. The summed E-state index contributed by atoms with van der Waals surface area (Å²) in [5, 5.41) is 0. The third-order valence-corrected chi connectivity index (χ3v) is 3.65. The summed E-state index contributed by atoms with van der Waals surface area (Å²) >= 11 is 1.87. The molecular formula is C12H22N4S. The van der Waals surface area contributed by atoms with Gasteiger partial charge in [-0.1, -0.05) is 0 Å². The zero-order valence-electron chi connectivity index (χ0n) is 11.3. The molecule has 1 aromatic heterocycles. The number of hydrogen-bond donors (Lipinski definition) is 1. The fourth-order valence-electron chi connectivity index (χ4n) is 1.67. The predicted molar refractivity (Wildman–Crippen MR) is 76.8 cm³/mol. The molecule has 1 unspecified atom stereocenters. The Morgan fingerprint density at radius 3 is 2.59 bits per heavy atom. The molecule has 0 fully saturated rings. The quantitative estimate of drug-likeness (QED) is 0.873. The van der Waals surface area contributed by atoms with Gasteiger partial charge in [-0.2, -0.15) is 11.8 Å². The summed E-state index contributed by atoms with van der Waals surface area (Å²) in [4.78, 5) is 10.9. The van der Waals surface area contributed by atoms with Gasteiger partial charge in [0.1, 0.15) is 17.5 Å². The first kappa shape index (κ1) is 14.1. The van der Waals surface area contributed by atoms with E-state index in [9.17, 15) is 0 Å². The molecule has 1 atom stereocenters. The van der Waals surface area contributed by atoms with Gasteiger partial charge in [0.15, 0.2) is 0 Å². The number of nitrogens with zero attached hydrogens (tertiary/aromatic N) is 3. The summed E-state index contributed by atoms with van der Waals surface area (Å²) in [7, 11) is 2.07. The molecule has 0 saturated carbocycles. The van der Waals surface area contributed by atoms with Crippen molar-refractivity contribution >= 4 is 23.4 Å². The molecule has 1 aromatic rings. The van der Waals surface area contributed by atoms with E-state index in [1.807, 2.05) is 25.6 Å². The van der Waals surface area contributed by atoms with Crippen LogP contribution in [0.15, 0.2) is 0 Å². The van der Waals surface area contributed by atoms with Gasteiger partial charge in [0.2, 0.25) is 0 Å². The van der Waals surface area contributed by atoms with Crippen LogP contribution in [0.25, 0.3) is 0 Å². The highest BCUT2D eigenvalue weighted by Crippen LogP contribution is 2.23. The minimum atomic E-state index is 0.454. The van der Waals surface area contributed by atoms with Gasteiger partial charge in [0.05, 0.1) is 0 Å². The van der Waals surface area contributed by atoms with Gasteiger partial charge in [0, 0.05) is 18.7 Å². The number of aryl methyl sites for hydroxylation is 1. The Morgan fingerprint density at radius 2 is 2.00 bits per heavy atom. The van der Waals surface area contributed by atoms with Crippen molar-refractivity contribution in [2.24, 2.45) is 0 Å². The maximum Gasteiger partial charge on any atom is 0.137 e. The third-order valence-electron chi connectivity index (χ3n) is 3.00. The standard InChI is InChI=1S/C12H22N4S/c1-8(6-7-17-5)16(4)12-9(2)11(13)14-10(3)15-12/h8H,6-7H2,1-5H3,(H2,13,14,15). The van der Waals surface area contributed by atoms with Gasteiger partial charge >= 0.3 is 0 Å². The highest BCUT2D eigenvalue weighted by atomic mass is 32.2. The summed E-state index contributed by atoms with van der Waals surface area (Å²) in [6.45, 7) is 6.06. The van der Waals surface area contributed by atoms with Gasteiger partial charge in [-0.25, -0.2) is 9.97 Å². The Hall–Kier alpha value is -0.970. The van der Waals surface area contributed by atoms with Crippen LogP contribution in [0.1, 0.15) is 24.7 Å². The molecule has 0 aliphatic heterocycles. The molecule has 0 radical (unpaired) electrons. The number of nitrogens with two attached hydrogens (primary N) is 1. The van der Waals surface area contributed by atoms with E-state index in [4.69, 9.17) is 5.73 Å². The van der Waals surface area contributed by atoms with Gasteiger partial charge in [-0.15, -0.1) is 0 Å². The first-order valence-corrected chi connectivity index (χ1v) is 7.19. The van der Waals surface area contributed by atoms with Crippen LogP contribution >= 0.6 is 11.8 Å². The number of anilines is 2. The van der Waals surface area contributed by atoms with Gasteiger partial charge in [0.25, 0.3) is 0 Å². The molecule has 0 amide bonds. The zero-order valence-corrected chi connectivity index (χ0v) is 12.1. The number of hydrogen-bond acceptors (Lipinski definition) is 5. The maximum atomic E-state index is 5.88. The van der Waals surface area contributed by atoms with Gasteiger partial charge < -0.3 is 10.6 Å².